The molecular formula is C27H31N5O4. The number of aromatic nitrogens is 2. The monoisotopic (exact) mass is 489 g/mol. The summed E-state index contributed by atoms with van der Waals surface area (Å²) in [6.45, 7) is 3.22. The number of carbonyl (C=O) groups excluding carboxylic acids is 1. The van der Waals surface area contributed by atoms with Crippen molar-refractivity contribution in [3.63, 3.8) is 0 Å². The minimum Gasteiger partial charge on any atom is -0.408 e. The molecule has 36 heavy (non-hydrogen) atoms. The van der Waals surface area contributed by atoms with Gasteiger partial charge in [0.05, 0.1) is 18.7 Å². The number of piperidine rings is 1. The molecule has 5 rings (SSSR count). The van der Waals surface area contributed by atoms with Crippen molar-refractivity contribution in [1.29, 1.82) is 0 Å². The van der Waals surface area contributed by atoms with Crippen molar-refractivity contribution >= 4 is 39.3 Å². The second-order valence-corrected chi connectivity index (χ2v) is 9.27. The summed E-state index contributed by atoms with van der Waals surface area (Å²) in [7, 11) is 3.34. The molecule has 4 aromatic rings. The molecule has 1 aliphatic rings. The van der Waals surface area contributed by atoms with Gasteiger partial charge in [0, 0.05) is 56.0 Å². The fraction of sp³-hybridized carbons (Fsp3) is 0.370. The Morgan fingerprint density at radius 3 is 2.94 bits per heavy atom. The summed E-state index contributed by atoms with van der Waals surface area (Å²) in [5.74, 6) is 0.598. The molecule has 2 aromatic carbocycles. The van der Waals surface area contributed by atoms with E-state index < -0.39 is 5.76 Å². The third-order valence-corrected chi connectivity index (χ3v) is 6.73. The van der Waals surface area contributed by atoms with Gasteiger partial charge in [-0.1, -0.05) is 24.3 Å². The van der Waals surface area contributed by atoms with Crippen molar-refractivity contribution in [2.75, 3.05) is 50.5 Å². The number of oxazole rings is 1. The van der Waals surface area contributed by atoms with E-state index in [-0.39, 0.29) is 11.8 Å². The Balaban J connectivity index is 1.27. The molecule has 2 N–H and O–H groups in total. The average molecular weight is 490 g/mol. The minimum absolute atomic E-state index is 0.0957. The molecule has 0 radical (unpaired) electrons. The topological polar surface area (TPSA) is 102 Å². The van der Waals surface area contributed by atoms with Crippen LogP contribution in [0.15, 0.2) is 57.7 Å². The summed E-state index contributed by atoms with van der Waals surface area (Å²) < 4.78 is 11.9. The summed E-state index contributed by atoms with van der Waals surface area (Å²) in [6, 6.07) is 15.7. The summed E-state index contributed by atoms with van der Waals surface area (Å²) in [5, 5.41) is 8.60. The summed E-state index contributed by atoms with van der Waals surface area (Å²) in [5.41, 5.74) is 2.80. The molecule has 9 heteroatoms. The van der Waals surface area contributed by atoms with Gasteiger partial charge in [0.15, 0.2) is 5.58 Å². The van der Waals surface area contributed by atoms with E-state index in [4.69, 9.17) is 14.1 Å². The van der Waals surface area contributed by atoms with Crippen LogP contribution in [0.1, 0.15) is 24.5 Å². The van der Waals surface area contributed by atoms with Crippen LogP contribution >= 0.6 is 0 Å². The lowest BCUT2D eigenvalue weighted by Gasteiger charge is -2.32. The third kappa shape index (κ3) is 5.12. The molecule has 1 fully saturated rings. The van der Waals surface area contributed by atoms with Gasteiger partial charge in [0.25, 0.3) is 0 Å². The lowest BCUT2D eigenvalue weighted by molar-refractivity contribution is -0.117. The first-order chi connectivity index (χ1) is 17.5. The Labute approximate surface area is 209 Å². The molecular weight excluding hydrogens is 458 g/mol. The molecule has 1 unspecified atom stereocenters. The number of anilines is 2. The number of fused-ring (bicyclic) bond motifs is 2. The highest BCUT2D eigenvalue weighted by Crippen LogP contribution is 2.31. The molecule has 3 heterocycles. The quantitative estimate of drug-likeness (QED) is 0.365. The molecule has 0 spiro atoms. The highest BCUT2D eigenvalue weighted by atomic mass is 16.5. The second-order valence-electron chi connectivity index (χ2n) is 9.27. The van der Waals surface area contributed by atoms with Crippen molar-refractivity contribution < 1.29 is 13.9 Å². The van der Waals surface area contributed by atoms with Crippen LogP contribution < -0.4 is 16.4 Å². The fourth-order valence-electron chi connectivity index (χ4n) is 4.89. The fourth-order valence-corrected chi connectivity index (χ4v) is 4.89. The van der Waals surface area contributed by atoms with E-state index in [2.05, 4.69) is 33.7 Å². The van der Waals surface area contributed by atoms with Gasteiger partial charge in [-0.05, 0) is 43.0 Å². The Morgan fingerprint density at radius 2 is 2.08 bits per heavy atom. The van der Waals surface area contributed by atoms with Crippen molar-refractivity contribution in [2.24, 2.45) is 7.05 Å². The Bertz CT molecular complexity index is 1440. The lowest BCUT2D eigenvalue weighted by Crippen LogP contribution is -2.40. The molecule has 9 nitrogen and oxygen atoms in total. The largest absolute Gasteiger partial charge is 0.419 e. The second kappa shape index (κ2) is 10.5. The smallest absolute Gasteiger partial charge is 0.408 e. The van der Waals surface area contributed by atoms with E-state index in [1.54, 1.807) is 32.4 Å². The predicted octanol–water partition coefficient (Wildman–Crippen LogP) is 3.56. The van der Waals surface area contributed by atoms with E-state index in [9.17, 15) is 9.59 Å². The highest BCUT2D eigenvalue weighted by molar-refractivity contribution is 5.94. The maximum Gasteiger partial charge on any atom is 0.419 e. The van der Waals surface area contributed by atoms with Crippen LogP contribution in [0.3, 0.4) is 0 Å². The van der Waals surface area contributed by atoms with E-state index in [0.29, 0.717) is 36.5 Å². The standard InChI is InChI=1S/C27H31N5O4/c1-31-23-10-9-20(15-24(23)36-27(31)34)29-25(33)17-32-12-5-7-19(16-32)22-14-18-6-3-4-8-21(18)26(30-22)28-11-13-35-2/h3-4,6,8-10,14-15,19H,5,7,11-13,16-17H2,1-2H3,(H,28,30)(H,29,33). The van der Waals surface area contributed by atoms with E-state index in [1.807, 2.05) is 12.1 Å². The van der Waals surface area contributed by atoms with Gasteiger partial charge in [-0.2, -0.15) is 0 Å². The van der Waals surface area contributed by atoms with Gasteiger partial charge in [-0.25, -0.2) is 9.78 Å². The number of ether oxygens (including phenoxy) is 1. The average Bonchev–Trinajstić information content (AvgIpc) is 3.16. The normalized spacial score (nSPS) is 16.4. The number of pyridine rings is 1. The first-order valence-corrected chi connectivity index (χ1v) is 12.3. The zero-order valence-electron chi connectivity index (χ0n) is 20.6. The minimum atomic E-state index is -0.424. The van der Waals surface area contributed by atoms with Gasteiger partial charge >= 0.3 is 5.76 Å². The number of nitrogens with one attached hydrogen (secondary N) is 2. The number of carbonyl (C=O) groups is 1. The number of amides is 1. The molecule has 1 aliphatic heterocycles. The maximum absolute atomic E-state index is 12.8. The van der Waals surface area contributed by atoms with E-state index in [0.717, 1.165) is 48.2 Å². The van der Waals surface area contributed by atoms with Crippen LogP contribution in [0.25, 0.3) is 21.9 Å². The Morgan fingerprint density at radius 1 is 1.22 bits per heavy atom. The summed E-state index contributed by atoms with van der Waals surface area (Å²) >= 11 is 0. The number of rotatable bonds is 8. The number of aryl methyl sites for hydroxylation is 1. The number of nitrogens with zero attached hydrogens (tertiary/aromatic N) is 3. The Kier molecular flexibility index (Phi) is 7.02. The van der Waals surface area contributed by atoms with Gasteiger partial charge in [0.1, 0.15) is 5.82 Å². The summed E-state index contributed by atoms with van der Waals surface area (Å²) in [4.78, 5) is 31.7. The van der Waals surface area contributed by atoms with Crippen molar-refractivity contribution in [3.05, 3.63) is 64.8 Å². The van der Waals surface area contributed by atoms with Gasteiger partial charge in [-0.15, -0.1) is 0 Å². The zero-order valence-corrected chi connectivity index (χ0v) is 20.6. The van der Waals surface area contributed by atoms with Crippen LogP contribution in [-0.4, -0.2) is 60.3 Å². The molecule has 188 valence electrons. The van der Waals surface area contributed by atoms with Crippen LogP contribution in [0, 0.1) is 0 Å². The van der Waals surface area contributed by atoms with E-state index in [1.165, 1.54) is 4.57 Å². The van der Waals surface area contributed by atoms with Crippen molar-refractivity contribution in [1.82, 2.24) is 14.5 Å². The maximum atomic E-state index is 12.8. The summed E-state index contributed by atoms with van der Waals surface area (Å²) in [6.07, 6.45) is 2.03. The number of likely N-dealkylation sites (tertiary alicyclic amines) is 1. The van der Waals surface area contributed by atoms with Crippen LogP contribution in [0.2, 0.25) is 0 Å². The molecule has 0 aliphatic carbocycles. The molecule has 1 amide bonds. The zero-order chi connectivity index (χ0) is 25.1. The van der Waals surface area contributed by atoms with Crippen LogP contribution in [0.5, 0.6) is 0 Å². The third-order valence-electron chi connectivity index (χ3n) is 6.73. The predicted molar refractivity (Wildman–Crippen MR) is 141 cm³/mol. The highest BCUT2D eigenvalue weighted by Gasteiger charge is 2.25. The SMILES string of the molecule is COCCNc1nc(C2CCCN(CC(=O)Nc3ccc4c(c3)oc(=O)n4C)C2)cc2ccccc12. The molecule has 0 saturated carbocycles. The Hall–Kier alpha value is -3.69. The lowest BCUT2D eigenvalue weighted by atomic mass is 9.93. The molecule has 1 atom stereocenters. The first kappa shape index (κ1) is 24.0. The van der Waals surface area contributed by atoms with Gasteiger partial charge in [0.2, 0.25) is 5.91 Å². The number of benzene rings is 2. The number of hydrogen-bond donors (Lipinski definition) is 2. The van der Waals surface area contributed by atoms with Crippen molar-refractivity contribution in [2.45, 2.75) is 18.8 Å². The first-order valence-electron chi connectivity index (χ1n) is 12.3. The van der Waals surface area contributed by atoms with E-state index >= 15 is 0 Å². The van der Waals surface area contributed by atoms with Crippen molar-refractivity contribution in [3.8, 4) is 0 Å². The van der Waals surface area contributed by atoms with Crippen LogP contribution in [0.4, 0.5) is 11.5 Å². The number of methoxy groups -OCH3 is 1. The van der Waals surface area contributed by atoms with Gasteiger partial charge < -0.3 is 19.8 Å². The molecule has 0 bridgehead atoms. The number of hydrogen-bond acceptors (Lipinski definition) is 7. The molecule has 2 aromatic heterocycles. The molecule has 1 saturated heterocycles. The van der Waals surface area contributed by atoms with Gasteiger partial charge in [-0.3, -0.25) is 14.3 Å². The van der Waals surface area contributed by atoms with Crippen LogP contribution in [-0.2, 0) is 16.6 Å².